The van der Waals surface area contributed by atoms with Gasteiger partial charge in [0.25, 0.3) is 0 Å². The molecule has 2 aromatic carbocycles. The van der Waals surface area contributed by atoms with Gasteiger partial charge in [0.1, 0.15) is 0 Å². The van der Waals surface area contributed by atoms with Crippen molar-refractivity contribution >= 4 is 23.0 Å². The fourth-order valence-electron chi connectivity index (χ4n) is 3.69. The molecule has 0 saturated heterocycles. The van der Waals surface area contributed by atoms with Gasteiger partial charge < -0.3 is 15.3 Å². The third-order valence-corrected chi connectivity index (χ3v) is 5.43. The zero-order valence-corrected chi connectivity index (χ0v) is 17.9. The molecule has 4 rings (SSSR count). The summed E-state index contributed by atoms with van der Waals surface area (Å²) >= 11 is 0. The van der Waals surface area contributed by atoms with Crippen LogP contribution in [0.15, 0.2) is 60.9 Å². The Morgan fingerprint density at radius 1 is 1.03 bits per heavy atom. The number of aromatic carboxylic acids is 1. The molecular weight excluding hydrogens is 374 g/mol. The van der Waals surface area contributed by atoms with Crippen LogP contribution in [0.25, 0.3) is 0 Å². The third-order valence-electron chi connectivity index (χ3n) is 5.43. The Kier molecular flexibility index (Phi) is 7.07. The normalized spacial score (nSPS) is 12.2. The van der Waals surface area contributed by atoms with E-state index in [1.54, 1.807) is 18.2 Å². The maximum atomic E-state index is 10.5. The van der Waals surface area contributed by atoms with Crippen LogP contribution in [0.2, 0.25) is 0 Å². The number of pyridine rings is 1. The number of hydrogen-bond donors (Lipinski definition) is 2. The van der Waals surface area contributed by atoms with E-state index in [-0.39, 0.29) is 5.56 Å². The quantitative estimate of drug-likeness (QED) is 0.605. The number of rotatable bonds is 4. The van der Waals surface area contributed by atoms with Crippen molar-refractivity contribution in [2.75, 3.05) is 24.3 Å². The van der Waals surface area contributed by atoms with Crippen LogP contribution in [0.4, 0.5) is 17.1 Å². The van der Waals surface area contributed by atoms with Gasteiger partial charge in [0.15, 0.2) is 0 Å². The molecule has 156 valence electrons. The second kappa shape index (κ2) is 9.92. The highest BCUT2D eigenvalue weighted by atomic mass is 16.4. The number of aromatic nitrogens is 1. The number of fused-ring (bicyclic) bond motifs is 1. The van der Waals surface area contributed by atoms with Crippen molar-refractivity contribution in [3.8, 4) is 0 Å². The average molecular weight is 404 g/mol. The van der Waals surface area contributed by atoms with Crippen LogP contribution in [-0.2, 0) is 12.8 Å². The molecule has 1 aliphatic rings. The van der Waals surface area contributed by atoms with Crippen molar-refractivity contribution in [1.29, 1.82) is 0 Å². The van der Waals surface area contributed by atoms with Gasteiger partial charge in [-0.25, -0.2) is 4.79 Å². The maximum absolute atomic E-state index is 10.5. The fourth-order valence-corrected chi connectivity index (χ4v) is 3.69. The molecule has 1 heterocycles. The lowest BCUT2D eigenvalue weighted by molar-refractivity contribution is 0.0698. The molecule has 0 bridgehead atoms. The van der Waals surface area contributed by atoms with Crippen LogP contribution in [-0.4, -0.2) is 30.2 Å². The lowest BCUT2D eigenvalue weighted by atomic mass is 9.91. The number of anilines is 3. The van der Waals surface area contributed by atoms with Gasteiger partial charge in [-0.05, 0) is 79.6 Å². The first kappa shape index (κ1) is 21.4. The predicted molar refractivity (Wildman–Crippen MR) is 123 cm³/mol. The summed E-state index contributed by atoms with van der Waals surface area (Å²) < 4.78 is 0. The SMILES string of the molecule is CNc1cnccc1C(=O)O.Cc1cccc(N(C)c2ccc3c(c2)CCCC3)c1. The summed E-state index contributed by atoms with van der Waals surface area (Å²) in [7, 11) is 3.81. The summed E-state index contributed by atoms with van der Waals surface area (Å²) in [6, 6.07) is 17.1. The van der Waals surface area contributed by atoms with Gasteiger partial charge in [0.2, 0.25) is 0 Å². The molecule has 0 radical (unpaired) electrons. The van der Waals surface area contributed by atoms with E-state index in [0.29, 0.717) is 5.69 Å². The van der Waals surface area contributed by atoms with Gasteiger partial charge in [-0.1, -0.05) is 18.2 Å². The fraction of sp³-hybridized carbons (Fsp3) is 0.280. The monoisotopic (exact) mass is 403 g/mol. The van der Waals surface area contributed by atoms with Crippen LogP contribution < -0.4 is 10.2 Å². The first-order valence-electron chi connectivity index (χ1n) is 10.3. The third kappa shape index (κ3) is 5.17. The van der Waals surface area contributed by atoms with Crippen molar-refractivity contribution < 1.29 is 9.90 Å². The minimum Gasteiger partial charge on any atom is -0.478 e. The maximum Gasteiger partial charge on any atom is 0.337 e. The van der Waals surface area contributed by atoms with Gasteiger partial charge in [-0.3, -0.25) is 4.98 Å². The van der Waals surface area contributed by atoms with Crippen molar-refractivity contribution in [2.45, 2.75) is 32.6 Å². The zero-order chi connectivity index (χ0) is 21.5. The number of aryl methyl sites for hydroxylation is 3. The second-order valence-electron chi connectivity index (χ2n) is 7.53. The Hall–Kier alpha value is -3.34. The van der Waals surface area contributed by atoms with Crippen LogP contribution in [0.3, 0.4) is 0 Å². The Labute approximate surface area is 178 Å². The number of nitrogens with zero attached hydrogens (tertiary/aromatic N) is 2. The molecule has 0 atom stereocenters. The molecule has 0 unspecified atom stereocenters. The molecule has 0 fully saturated rings. The Morgan fingerprint density at radius 3 is 2.43 bits per heavy atom. The van der Waals surface area contributed by atoms with E-state index in [9.17, 15) is 4.79 Å². The molecule has 0 amide bonds. The second-order valence-corrected chi connectivity index (χ2v) is 7.53. The summed E-state index contributed by atoms with van der Waals surface area (Å²) in [4.78, 5) is 16.6. The van der Waals surface area contributed by atoms with Crippen LogP contribution in [0, 0.1) is 6.92 Å². The molecule has 0 saturated carbocycles. The van der Waals surface area contributed by atoms with Gasteiger partial charge in [-0.2, -0.15) is 0 Å². The minimum absolute atomic E-state index is 0.238. The van der Waals surface area contributed by atoms with Crippen molar-refractivity contribution in [3.05, 3.63) is 83.2 Å². The summed E-state index contributed by atoms with van der Waals surface area (Å²) in [5, 5.41) is 11.4. The van der Waals surface area contributed by atoms with Crippen molar-refractivity contribution in [2.24, 2.45) is 0 Å². The molecule has 30 heavy (non-hydrogen) atoms. The summed E-state index contributed by atoms with van der Waals surface area (Å²) in [5.41, 5.74) is 7.72. The van der Waals surface area contributed by atoms with E-state index in [2.05, 4.69) is 71.6 Å². The van der Waals surface area contributed by atoms with Gasteiger partial charge in [0, 0.05) is 31.7 Å². The Morgan fingerprint density at radius 2 is 1.77 bits per heavy atom. The molecule has 5 heteroatoms. The number of carbonyl (C=O) groups is 1. The molecule has 3 aromatic rings. The standard InChI is InChI=1S/C18H21N.C7H8N2O2/c1-14-6-5-9-17(12-14)19(2)18-11-10-15-7-3-4-8-16(15)13-18;1-8-6-4-9-3-2-5(6)7(10)11/h5-6,9-13H,3-4,7-8H2,1-2H3;2-4,8H,1H3,(H,10,11). The highest BCUT2D eigenvalue weighted by molar-refractivity contribution is 5.93. The number of hydrogen-bond acceptors (Lipinski definition) is 4. The van der Waals surface area contributed by atoms with E-state index in [0.717, 1.165) is 0 Å². The van der Waals surface area contributed by atoms with Gasteiger partial charge >= 0.3 is 5.97 Å². The predicted octanol–water partition coefficient (Wildman–Crippen LogP) is 5.46. The minimum atomic E-state index is -0.947. The summed E-state index contributed by atoms with van der Waals surface area (Å²) in [6.07, 6.45) is 8.10. The number of nitrogens with one attached hydrogen (secondary N) is 1. The van der Waals surface area contributed by atoms with E-state index < -0.39 is 5.97 Å². The summed E-state index contributed by atoms with van der Waals surface area (Å²) in [5.74, 6) is -0.947. The summed E-state index contributed by atoms with van der Waals surface area (Å²) in [6.45, 7) is 2.14. The van der Waals surface area contributed by atoms with E-state index >= 15 is 0 Å². The molecule has 1 aromatic heterocycles. The number of carboxylic acid groups (broad SMARTS) is 1. The number of carboxylic acids is 1. The van der Waals surface area contributed by atoms with Crippen LogP contribution in [0.5, 0.6) is 0 Å². The van der Waals surface area contributed by atoms with Crippen LogP contribution >= 0.6 is 0 Å². The molecule has 1 aliphatic carbocycles. The molecule has 0 aliphatic heterocycles. The Bertz CT molecular complexity index is 1020. The molecule has 5 nitrogen and oxygen atoms in total. The first-order valence-corrected chi connectivity index (χ1v) is 10.3. The topological polar surface area (TPSA) is 65.5 Å². The lowest BCUT2D eigenvalue weighted by Crippen LogP contribution is -2.11. The Balaban J connectivity index is 0.000000199. The molecule has 0 spiro atoms. The van der Waals surface area contributed by atoms with E-state index in [1.165, 1.54) is 61.1 Å². The van der Waals surface area contributed by atoms with Crippen molar-refractivity contribution in [1.82, 2.24) is 4.98 Å². The van der Waals surface area contributed by atoms with E-state index in [1.807, 2.05) is 0 Å². The van der Waals surface area contributed by atoms with Gasteiger partial charge in [-0.15, -0.1) is 0 Å². The zero-order valence-electron chi connectivity index (χ0n) is 17.9. The van der Waals surface area contributed by atoms with E-state index in [4.69, 9.17) is 5.11 Å². The highest BCUT2D eigenvalue weighted by Crippen LogP contribution is 2.29. The van der Waals surface area contributed by atoms with Crippen molar-refractivity contribution in [3.63, 3.8) is 0 Å². The largest absolute Gasteiger partial charge is 0.478 e. The smallest absolute Gasteiger partial charge is 0.337 e. The molecule has 2 N–H and O–H groups in total. The van der Waals surface area contributed by atoms with Crippen LogP contribution in [0.1, 0.15) is 39.9 Å². The lowest BCUT2D eigenvalue weighted by Gasteiger charge is -2.23. The van der Waals surface area contributed by atoms with Gasteiger partial charge in [0.05, 0.1) is 17.4 Å². The highest BCUT2D eigenvalue weighted by Gasteiger charge is 2.12. The average Bonchev–Trinajstić information content (AvgIpc) is 2.78. The molecular formula is C25H29N3O2. The first-order chi connectivity index (χ1) is 14.5. The number of benzene rings is 2.